The van der Waals surface area contributed by atoms with Gasteiger partial charge in [-0.25, -0.2) is 4.79 Å². The number of halogens is 2. The highest BCUT2D eigenvalue weighted by Crippen LogP contribution is 2.21. The second-order valence-corrected chi connectivity index (χ2v) is 12.9. The molecule has 0 heterocycles. The molecule has 0 radical (unpaired) electrons. The zero-order chi connectivity index (χ0) is 14.0. The van der Waals surface area contributed by atoms with Crippen molar-refractivity contribution in [1.82, 2.24) is 0 Å². The van der Waals surface area contributed by atoms with Crippen molar-refractivity contribution in [3.8, 4) is 0 Å². The molecule has 0 aromatic heterocycles. The van der Waals surface area contributed by atoms with Crippen LogP contribution in [-0.2, 0) is 9.53 Å². The first-order chi connectivity index (χ1) is 8.37. The molecule has 0 spiro atoms. The van der Waals surface area contributed by atoms with Crippen LogP contribution >= 0.6 is 22.2 Å². The molecule has 0 amide bonds. The molecular formula is C13H24Cl2O2Si. The number of esters is 1. The minimum Gasteiger partial charge on any atom is -0.462 e. The van der Waals surface area contributed by atoms with Crippen molar-refractivity contribution in [2.24, 2.45) is 0 Å². The van der Waals surface area contributed by atoms with E-state index < -0.39 is 6.69 Å². The van der Waals surface area contributed by atoms with Crippen LogP contribution in [0.2, 0.25) is 12.6 Å². The lowest BCUT2D eigenvalue weighted by Crippen LogP contribution is -2.15. The van der Waals surface area contributed by atoms with Crippen molar-refractivity contribution in [3.63, 3.8) is 0 Å². The van der Waals surface area contributed by atoms with Gasteiger partial charge < -0.3 is 4.74 Å². The quantitative estimate of drug-likeness (QED) is 0.187. The van der Waals surface area contributed by atoms with Crippen molar-refractivity contribution in [2.45, 2.75) is 58.0 Å². The molecule has 0 aliphatic carbocycles. The molecule has 2 nitrogen and oxygen atoms in total. The van der Waals surface area contributed by atoms with Crippen molar-refractivity contribution in [1.29, 1.82) is 0 Å². The summed E-state index contributed by atoms with van der Waals surface area (Å²) < 4.78 is 5.12. The number of hydrogen-bond acceptors (Lipinski definition) is 2. The van der Waals surface area contributed by atoms with Crippen LogP contribution in [0.15, 0.2) is 12.2 Å². The Kier molecular flexibility index (Phi) is 9.88. The monoisotopic (exact) mass is 310 g/mol. The number of carbonyl (C=O) groups excluding carboxylic acids is 1. The maximum atomic E-state index is 11.6. The average molecular weight is 311 g/mol. The van der Waals surface area contributed by atoms with Crippen LogP contribution in [0.4, 0.5) is 0 Å². The molecular weight excluding hydrogens is 287 g/mol. The minimum atomic E-state index is -2.06. The summed E-state index contributed by atoms with van der Waals surface area (Å²) in [6.45, 7) is 6.12. The number of rotatable bonds is 10. The maximum Gasteiger partial charge on any atom is 0.333 e. The minimum absolute atomic E-state index is 0.279. The fourth-order valence-electron chi connectivity index (χ4n) is 1.52. The lowest BCUT2D eigenvalue weighted by Gasteiger charge is -2.10. The Bertz CT molecular complexity index is 262. The van der Waals surface area contributed by atoms with Crippen molar-refractivity contribution in [3.05, 3.63) is 12.2 Å². The van der Waals surface area contributed by atoms with Crippen LogP contribution in [0.3, 0.4) is 0 Å². The van der Waals surface area contributed by atoms with E-state index >= 15 is 0 Å². The van der Waals surface area contributed by atoms with Crippen molar-refractivity contribution < 1.29 is 9.53 Å². The molecule has 0 aromatic rings. The van der Waals surface area contributed by atoms with Crippen molar-refractivity contribution in [2.75, 3.05) is 6.61 Å². The van der Waals surface area contributed by atoms with Gasteiger partial charge in [-0.05, 0) is 31.9 Å². The van der Waals surface area contributed by atoms with Crippen LogP contribution in [0.5, 0.6) is 0 Å². The van der Waals surface area contributed by atoms with Crippen LogP contribution in [-0.4, -0.2) is 19.3 Å². The molecule has 0 bridgehead atoms. The van der Waals surface area contributed by atoms with E-state index in [0.29, 0.717) is 12.2 Å². The smallest absolute Gasteiger partial charge is 0.333 e. The molecule has 0 saturated carbocycles. The van der Waals surface area contributed by atoms with E-state index in [0.717, 1.165) is 31.7 Å². The van der Waals surface area contributed by atoms with Gasteiger partial charge in [0.2, 0.25) is 6.69 Å². The molecule has 0 aromatic carbocycles. The average Bonchev–Trinajstić information content (AvgIpc) is 2.28. The van der Waals surface area contributed by atoms with E-state index in [9.17, 15) is 4.79 Å². The van der Waals surface area contributed by atoms with E-state index in [1.165, 1.54) is 12.8 Å². The van der Waals surface area contributed by atoms with Crippen LogP contribution in [0, 0.1) is 0 Å². The number of hydrogen-bond donors (Lipinski definition) is 0. The molecule has 0 fully saturated rings. The SMILES string of the molecule is C=C(CCCCCC)C(=O)OCCC[Si](C)(Cl)Cl. The zero-order valence-corrected chi connectivity index (χ0v) is 13.9. The van der Waals surface area contributed by atoms with E-state index in [4.69, 9.17) is 26.9 Å². The molecule has 18 heavy (non-hydrogen) atoms. The van der Waals surface area contributed by atoms with Crippen LogP contribution in [0.1, 0.15) is 45.4 Å². The Hall–Kier alpha value is 0.00688. The van der Waals surface area contributed by atoms with E-state index in [-0.39, 0.29) is 5.97 Å². The molecule has 0 N–H and O–H groups in total. The summed E-state index contributed by atoms with van der Waals surface area (Å²) in [6.07, 6.45) is 6.01. The van der Waals surface area contributed by atoms with E-state index in [2.05, 4.69) is 13.5 Å². The third-order valence-corrected chi connectivity index (χ3v) is 4.98. The highest BCUT2D eigenvalue weighted by Gasteiger charge is 2.20. The third kappa shape index (κ3) is 11.1. The number of carbonyl (C=O) groups is 1. The lowest BCUT2D eigenvalue weighted by atomic mass is 10.1. The maximum absolute atomic E-state index is 11.6. The number of unbranched alkanes of at least 4 members (excludes halogenated alkanes) is 3. The Morgan fingerprint density at radius 3 is 2.44 bits per heavy atom. The Labute approximate surface area is 121 Å². The van der Waals surface area contributed by atoms with Gasteiger partial charge >= 0.3 is 5.97 Å². The molecule has 0 saturated heterocycles. The Balaban J connectivity index is 3.59. The highest BCUT2D eigenvalue weighted by molar-refractivity contribution is 7.44. The van der Waals surface area contributed by atoms with Gasteiger partial charge in [0.1, 0.15) is 0 Å². The largest absolute Gasteiger partial charge is 0.462 e. The molecule has 0 unspecified atom stereocenters. The van der Waals surface area contributed by atoms with E-state index in [1.807, 2.05) is 6.55 Å². The van der Waals surface area contributed by atoms with Gasteiger partial charge in [-0.15, -0.1) is 22.2 Å². The van der Waals surface area contributed by atoms with Gasteiger partial charge in [0.15, 0.2) is 0 Å². The fraction of sp³-hybridized carbons (Fsp3) is 0.769. The lowest BCUT2D eigenvalue weighted by molar-refractivity contribution is -0.139. The normalized spacial score (nSPS) is 11.3. The third-order valence-electron chi connectivity index (χ3n) is 2.61. The molecule has 0 aliphatic heterocycles. The van der Waals surface area contributed by atoms with Gasteiger partial charge in [0.25, 0.3) is 0 Å². The predicted octanol–water partition coefficient (Wildman–Crippen LogP) is 5.00. The van der Waals surface area contributed by atoms with E-state index in [1.54, 1.807) is 0 Å². The van der Waals surface area contributed by atoms with Crippen LogP contribution in [0.25, 0.3) is 0 Å². The molecule has 5 heteroatoms. The molecule has 0 atom stereocenters. The highest BCUT2D eigenvalue weighted by atomic mass is 35.7. The summed E-state index contributed by atoms with van der Waals surface area (Å²) in [5.74, 6) is -0.279. The Morgan fingerprint density at radius 2 is 1.89 bits per heavy atom. The Morgan fingerprint density at radius 1 is 1.22 bits per heavy atom. The standard InChI is InChI=1S/C13H24Cl2O2Si/c1-4-5-6-7-9-12(2)13(16)17-10-8-11-18(3,14)15/h2,4-11H2,1,3H3. The fourth-order valence-corrected chi connectivity index (χ4v) is 3.08. The van der Waals surface area contributed by atoms with Gasteiger partial charge in [-0.3, -0.25) is 0 Å². The first-order valence-electron chi connectivity index (χ1n) is 6.59. The molecule has 0 rings (SSSR count). The summed E-state index contributed by atoms with van der Waals surface area (Å²) in [5, 5.41) is 0. The van der Waals surface area contributed by atoms with Gasteiger partial charge in [-0.1, -0.05) is 32.8 Å². The van der Waals surface area contributed by atoms with Crippen LogP contribution < -0.4 is 0 Å². The topological polar surface area (TPSA) is 26.3 Å². The first kappa shape index (κ1) is 18.0. The van der Waals surface area contributed by atoms with Crippen molar-refractivity contribution >= 4 is 34.8 Å². The van der Waals surface area contributed by atoms with Gasteiger partial charge in [0, 0.05) is 5.57 Å². The summed E-state index contributed by atoms with van der Waals surface area (Å²) in [7, 11) is 0. The zero-order valence-electron chi connectivity index (χ0n) is 11.4. The summed E-state index contributed by atoms with van der Waals surface area (Å²) in [4.78, 5) is 11.6. The predicted molar refractivity (Wildman–Crippen MR) is 81.6 cm³/mol. The molecule has 0 aliphatic rings. The summed E-state index contributed by atoms with van der Waals surface area (Å²) >= 11 is 11.9. The summed E-state index contributed by atoms with van der Waals surface area (Å²) in [6, 6.07) is 0.742. The first-order valence-corrected chi connectivity index (χ1v) is 11.3. The second kappa shape index (κ2) is 9.87. The molecule has 106 valence electrons. The second-order valence-electron chi connectivity index (χ2n) is 4.72. The van der Waals surface area contributed by atoms with Gasteiger partial charge in [-0.2, -0.15) is 0 Å². The number of ether oxygens (including phenoxy) is 1. The summed E-state index contributed by atoms with van der Waals surface area (Å²) in [5.41, 5.74) is 0.572. The van der Waals surface area contributed by atoms with Gasteiger partial charge in [0.05, 0.1) is 6.61 Å².